The molecule has 0 aliphatic heterocycles. The topological polar surface area (TPSA) is 68.0 Å². The molecule has 0 aliphatic carbocycles. The number of aromatic nitrogens is 1. The van der Waals surface area contributed by atoms with Gasteiger partial charge in [-0.15, -0.1) is 11.3 Å². The lowest BCUT2D eigenvalue weighted by atomic mass is 10.2. The van der Waals surface area contributed by atoms with E-state index in [0.29, 0.717) is 5.69 Å². The molecule has 1 aromatic heterocycles. The number of nitrogens with one attached hydrogen (secondary N) is 1. The quantitative estimate of drug-likeness (QED) is 0.471. The van der Waals surface area contributed by atoms with Gasteiger partial charge in [-0.3, -0.25) is 10.2 Å². The predicted octanol–water partition coefficient (Wildman–Crippen LogP) is 1.72. The maximum Gasteiger partial charge on any atom is 0.284 e. The largest absolute Gasteiger partial charge is 0.289 e. The zero-order valence-electron chi connectivity index (χ0n) is 8.73. The van der Waals surface area contributed by atoms with Crippen LogP contribution in [0.3, 0.4) is 0 Å². The first-order chi connectivity index (χ1) is 7.70. The van der Waals surface area contributed by atoms with Gasteiger partial charge in [0.2, 0.25) is 0 Å². The van der Waals surface area contributed by atoms with Crippen molar-refractivity contribution in [2.75, 3.05) is 0 Å². The number of thiazole rings is 1. The lowest BCUT2D eigenvalue weighted by molar-refractivity contribution is 0.0949. The van der Waals surface area contributed by atoms with Gasteiger partial charge < -0.3 is 0 Å². The average molecular weight is 233 g/mol. The Labute approximate surface area is 97.1 Å². The van der Waals surface area contributed by atoms with E-state index >= 15 is 0 Å². The van der Waals surface area contributed by atoms with Crippen molar-refractivity contribution in [3.8, 4) is 10.6 Å². The summed E-state index contributed by atoms with van der Waals surface area (Å²) in [4.78, 5) is 15.4. The maximum atomic E-state index is 11.2. The Morgan fingerprint density at radius 2 is 2.06 bits per heavy atom. The fourth-order valence-electron chi connectivity index (χ4n) is 1.28. The highest BCUT2D eigenvalue weighted by Crippen LogP contribution is 2.23. The molecule has 0 spiro atoms. The molecule has 0 unspecified atom stereocenters. The van der Waals surface area contributed by atoms with E-state index in [2.05, 4.69) is 10.4 Å². The second-order valence-corrected chi connectivity index (χ2v) is 4.24. The van der Waals surface area contributed by atoms with Gasteiger partial charge in [-0.25, -0.2) is 10.8 Å². The van der Waals surface area contributed by atoms with Crippen LogP contribution in [0.2, 0.25) is 0 Å². The highest BCUT2D eigenvalue weighted by molar-refractivity contribution is 7.13. The third-order valence-electron chi connectivity index (χ3n) is 2.17. The van der Waals surface area contributed by atoms with Crippen molar-refractivity contribution in [1.82, 2.24) is 10.4 Å². The van der Waals surface area contributed by atoms with Crippen LogP contribution >= 0.6 is 11.3 Å². The van der Waals surface area contributed by atoms with Crippen LogP contribution in [0, 0.1) is 6.92 Å². The van der Waals surface area contributed by atoms with Gasteiger partial charge in [0.1, 0.15) is 10.7 Å². The van der Waals surface area contributed by atoms with Gasteiger partial charge in [-0.2, -0.15) is 0 Å². The standard InChI is InChI=1S/C11H11N3OS/c1-7-2-4-8(5-3-7)11-13-9(6-16-11)10(15)14-12/h2-6H,12H2,1H3,(H,14,15). The molecular formula is C11H11N3OS. The van der Waals surface area contributed by atoms with Crippen molar-refractivity contribution in [3.05, 3.63) is 40.9 Å². The maximum absolute atomic E-state index is 11.2. The van der Waals surface area contributed by atoms with Gasteiger partial charge in [0.15, 0.2) is 0 Å². The number of nitrogens with two attached hydrogens (primary N) is 1. The molecule has 0 aliphatic rings. The average Bonchev–Trinajstić information content (AvgIpc) is 2.78. The summed E-state index contributed by atoms with van der Waals surface area (Å²) in [7, 11) is 0. The van der Waals surface area contributed by atoms with Crippen LogP contribution in [-0.4, -0.2) is 10.9 Å². The lowest BCUT2D eigenvalue weighted by Gasteiger charge is -1.96. The number of aryl methyl sites for hydroxylation is 1. The van der Waals surface area contributed by atoms with Gasteiger partial charge in [0.05, 0.1) is 0 Å². The van der Waals surface area contributed by atoms with Gasteiger partial charge in [-0.05, 0) is 6.92 Å². The van der Waals surface area contributed by atoms with Gasteiger partial charge in [-0.1, -0.05) is 29.8 Å². The molecule has 0 atom stereocenters. The van der Waals surface area contributed by atoms with Crippen molar-refractivity contribution in [2.45, 2.75) is 6.92 Å². The SMILES string of the molecule is Cc1ccc(-c2nc(C(=O)NN)cs2)cc1. The fraction of sp³-hybridized carbons (Fsp3) is 0.0909. The molecule has 3 N–H and O–H groups in total. The van der Waals surface area contributed by atoms with Crippen LogP contribution in [-0.2, 0) is 0 Å². The molecule has 1 heterocycles. The molecule has 82 valence electrons. The molecule has 2 rings (SSSR count). The lowest BCUT2D eigenvalue weighted by Crippen LogP contribution is -2.30. The number of amides is 1. The van der Waals surface area contributed by atoms with E-state index in [0.717, 1.165) is 10.6 Å². The number of rotatable bonds is 2. The summed E-state index contributed by atoms with van der Waals surface area (Å²) in [6, 6.07) is 8.00. The van der Waals surface area contributed by atoms with Crippen LogP contribution in [0.5, 0.6) is 0 Å². The van der Waals surface area contributed by atoms with Crippen molar-refractivity contribution in [1.29, 1.82) is 0 Å². The van der Waals surface area contributed by atoms with Crippen molar-refractivity contribution in [2.24, 2.45) is 5.84 Å². The third-order valence-corrected chi connectivity index (χ3v) is 3.06. The van der Waals surface area contributed by atoms with Crippen molar-refractivity contribution in [3.63, 3.8) is 0 Å². The summed E-state index contributed by atoms with van der Waals surface area (Å²) in [6.07, 6.45) is 0. The second kappa shape index (κ2) is 4.42. The fourth-order valence-corrected chi connectivity index (χ4v) is 2.09. The number of carbonyl (C=O) groups excluding carboxylic acids is 1. The Bertz CT molecular complexity index is 504. The second-order valence-electron chi connectivity index (χ2n) is 3.38. The number of hydrazine groups is 1. The molecule has 0 saturated carbocycles. The molecule has 5 heteroatoms. The Morgan fingerprint density at radius 1 is 1.38 bits per heavy atom. The predicted molar refractivity (Wildman–Crippen MR) is 63.9 cm³/mol. The summed E-state index contributed by atoms with van der Waals surface area (Å²) < 4.78 is 0. The first-order valence-corrected chi connectivity index (χ1v) is 5.62. The van der Waals surface area contributed by atoms with E-state index in [1.54, 1.807) is 5.38 Å². The molecule has 0 bridgehead atoms. The van der Waals surface area contributed by atoms with E-state index in [1.807, 2.05) is 31.2 Å². The molecule has 1 amide bonds. The van der Waals surface area contributed by atoms with E-state index in [9.17, 15) is 4.79 Å². The number of nitrogen functional groups attached to an aromatic ring is 1. The van der Waals surface area contributed by atoms with Crippen LogP contribution in [0.4, 0.5) is 0 Å². The van der Waals surface area contributed by atoms with Crippen molar-refractivity contribution >= 4 is 17.2 Å². The molecule has 0 radical (unpaired) electrons. The highest BCUT2D eigenvalue weighted by atomic mass is 32.1. The monoisotopic (exact) mass is 233 g/mol. The number of benzene rings is 1. The van der Waals surface area contributed by atoms with E-state index < -0.39 is 0 Å². The first-order valence-electron chi connectivity index (χ1n) is 4.74. The minimum Gasteiger partial charge on any atom is -0.289 e. The van der Waals surface area contributed by atoms with Gasteiger partial charge in [0.25, 0.3) is 5.91 Å². The smallest absolute Gasteiger partial charge is 0.284 e. The summed E-state index contributed by atoms with van der Waals surface area (Å²) in [6.45, 7) is 2.03. The molecular weight excluding hydrogens is 222 g/mol. The summed E-state index contributed by atoms with van der Waals surface area (Å²) >= 11 is 1.42. The zero-order chi connectivity index (χ0) is 11.5. The van der Waals surface area contributed by atoms with E-state index in [-0.39, 0.29) is 5.91 Å². The Balaban J connectivity index is 2.31. The molecule has 16 heavy (non-hydrogen) atoms. The Hall–Kier alpha value is -1.72. The molecule has 4 nitrogen and oxygen atoms in total. The number of hydrogen-bond donors (Lipinski definition) is 2. The number of hydrogen-bond acceptors (Lipinski definition) is 4. The molecule has 2 aromatic rings. The molecule has 0 fully saturated rings. The summed E-state index contributed by atoms with van der Waals surface area (Å²) in [5.41, 5.74) is 4.61. The Kier molecular flexibility index (Phi) is 2.98. The van der Waals surface area contributed by atoms with Crippen LogP contribution in [0.1, 0.15) is 16.1 Å². The molecule has 0 saturated heterocycles. The number of nitrogens with zero attached hydrogens (tertiary/aromatic N) is 1. The number of carbonyl (C=O) groups is 1. The minimum atomic E-state index is -0.366. The highest BCUT2D eigenvalue weighted by Gasteiger charge is 2.09. The van der Waals surface area contributed by atoms with Gasteiger partial charge >= 0.3 is 0 Å². The summed E-state index contributed by atoms with van der Waals surface area (Å²) in [5, 5.41) is 2.51. The normalized spacial score (nSPS) is 10.1. The van der Waals surface area contributed by atoms with Crippen molar-refractivity contribution < 1.29 is 4.79 Å². The summed E-state index contributed by atoms with van der Waals surface area (Å²) in [5.74, 6) is 4.67. The first kappa shape index (κ1) is 10.8. The third kappa shape index (κ3) is 2.10. The van der Waals surface area contributed by atoms with Gasteiger partial charge in [0, 0.05) is 10.9 Å². The Morgan fingerprint density at radius 3 is 2.69 bits per heavy atom. The minimum absolute atomic E-state index is 0.350. The zero-order valence-corrected chi connectivity index (χ0v) is 9.54. The van der Waals surface area contributed by atoms with E-state index in [1.165, 1.54) is 16.9 Å². The van der Waals surface area contributed by atoms with Crippen LogP contribution < -0.4 is 11.3 Å². The van der Waals surface area contributed by atoms with Crippen LogP contribution in [0.15, 0.2) is 29.6 Å². The molecule has 1 aromatic carbocycles. The van der Waals surface area contributed by atoms with E-state index in [4.69, 9.17) is 5.84 Å². The van der Waals surface area contributed by atoms with Crippen LogP contribution in [0.25, 0.3) is 10.6 Å².